The highest BCUT2D eigenvalue weighted by molar-refractivity contribution is 5.82. The molecule has 19 heavy (non-hydrogen) atoms. The summed E-state index contributed by atoms with van der Waals surface area (Å²) in [6.45, 7) is 3.00. The van der Waals surface area contributed by atoms with Crippen molar-refractivity contribution in [3.8, 4) is 0 Å². The van der Waals surface area contributed by atoms with Crippen molar-refractivity contribution in [1.29, 1.82) is 0 Å². The minimum Gasteiger partial charge on any atom is -0.367 e. The first kappa shape index (κ1) is 14.0. The molecule has 0 spiro atoms. The van der Waals surface area contributed by atoms with Gasteiger partial charge in [0.25, 0.3) is 5.91 Å². The molecule has 2 rings (SSSR count). The Balaban J connectivity index is 1.94. The van der Waals surface area contributed by atoms with Crippen molar-refractivity contribution in [3.05, 3.63) is 35.9 Å². The van der Waals surface area contributed by atoms with Crippen LogP contribution in [0.25, 0.3) is 0 Å². The molecular weight excluding hydrogens is 240 g/mol. The number of carbonyl (C=O) groups excluding carboxylic acids is 1. The first-order valence-electron chi connectivity index (χ1n) is 6.82. The van der Waals surface area contributed by atoms with Crippen LogP contribution in [0, 0.1) is 0 Å². The number of ether oxygens (including phenoxy) is 1. The van der Waals surface area contributed by atoms with Crippen molar-refractivity contribution in [2.24, 2.45) is 0 Å². The van der Waals surface area contributed by atoms with E-state index in [0.717, 1.165) is 24.9 Å². The zero-order valence-electron chi connectivity index (χ0n) is 11.6. The summed E-state index contributed by atoms with van der Waals surface area (Å²) in [5, 5.41) is 6.44. The second-order valence-electron chi connectivity index (χ2n) is 5.12. The molecule has 2 N–H and O–H groups in total. The smallest absolute Gasteiger partial charge is 0.254 e. The number of carbonyl (C=O) groups is 1. The SMILES string of the molecule is COC(C(=O)NC1CCC(C)NC1)c1ccccc1. The number of piperidine rings is 1. The molecule has 1 aromatic carbocycles. The Labute approximate surface area is 114 Å². The zero-order valence-corrected chi connectivity index (χ0v) is 11.6. The van der Waals surface area contributed by atoms with Crippen LogP contribution in [0.3, 0.4) is 0 Å². The monoisotopic (exact) mass is 262 g/mol. The highest BCUT2D eigenvalue weighted by Gasteiger charge is 2.24. The van der Waals surface area contributed by atoms with Gasteiger partial charge in [0.1, 0.15) is 0 Å². The average Bonchev–Trinajstić information content (AvgIpc) is 2.43. The Morgan fingerprint density at radius 1 is 1.37 bits per heavy atom. The van der Waals surface area contributed by atoms with Gasteiger partial charge in [-0.25, -0.2) is 0 Å². The van der Waals surface area contributed by atoms with E-state index in [1.54, 1.807) is 7.11 Å². The van der Waals surface area contributed by atoms with Crippen molar-refractivity contribution in [3.63, 3.8) is 0 Å². The van der Waals surface area contributed by atoms with Gasteiger partial charge in [0, 0.05) is 25.7 Å². The van der Waals surface area contributed by atoms with Gasteiger partial charge in [0.05, 0.1) is 0 Å². The van der Waals surface area contributed by atoms with Crippen LogP contribution in [0.2, 0.25) is 0 Å². The maximum atomic E-state index is 12.3. The fourth-order valence-electron chi connectivity index (χ4n) is 2.42. The second kappa shape index (κ2) is 6.68. The Bertz CT molecular complexity index is 400. The van der Waals surface area contributed by atoms with E-state index in [0.29, 0.717) is 6.04 Å². The van der Waals surface area contributed by atoms with Gasteiger partial charge in [-0.15, -0.1) is 0 Å². The molecule has 0 aromatic heterocycles. The summed E-state index contributed by atoms with van der Waals surface area (Å²) in [6, 6.07) is 10.3. The van der Waals surface area contributed by atoms with Gasteiger partial charge in [-0.3, -0.25) is 4.79 Å². The topological polar surface area (TPSA) is 50.4 Å². The molecule has 0 saturated carbocycles. The third-order valence-electron chi connectivity index (χ3n) is 3.58. The number of hydrogen-bond acceptors (Lipinski definition) is 3. The van der Waals surface area contributed by atoms with E-state index in [1.807, 2.05) is 30.3 Å². The third kappa shape index (κ3) is 3.78. The van der Waals surface area contributed by atoms with Crippen LogP contribution < -0.4 is 10.6 Å². The van der Waals surface area contributed by atoms with Gasteiger partial charge < -0.3 is 15.4 Å². The van der Waals surface area contributed by atoms with Crippen LogP contribution in [0.4, 0.5) is 0 Å². The van der Waals surface area contributed by atoms with Gasteiger partial charge in [-0.1, -0.05) is 30.3 Å². The first-order chi connectivity index (χ1) is 9.20. The predicted molar refractivity (Wildman–Crippen MR) is 74.8 cm³/mol. The lowest BCUT2D eigenvalue weighted by molar-refractivity contribution is -0.132. The summed E-state index contributed by atoms with van der Waals surface area (Å²) in [4.78, 5) is 12.3. The van der Waals surface area contributed by atoms with E-state index in [4.69, 9.17) is 4.74 Å². The molecule has 1 aliphatic rings. The van der Waals surface area contributed by atoms with Gasteiger partial charge in [-0.2, -0.15) is 0 Å². The Hall–Kier alpha value is -1.39. The molecule has 3 atom stereocenters. The van der Waals surface area contributed by atoms with E-state index >= 15 is 0 Å². The molecule has 104 valence electrons. The highest BCUT2D eigenvalue weighted by Crippen LogP contribution is 2.17. The maximum absolute atomic E-state index is 12.3. The highest BCUT2D eigenvalue weighted by atomic mass is 16.5. The number of nitrogens with one attached hydrogen (secondary N) is 2. The van der Waals surface area contributed by atoms with Crippen LogP contribution in [0.15, 0.2) is 30.3 Å². The summed E-state index contributed by atoms with van der Waals surface area (Å²) in [5.74, 6) is -0.0601. The molecule has 1 amide bonds. The molecule has 1 aliphatic heterocycles. The lowest BCUT2D eigenvalue weighted by Gasteiger charge is -2.29. The predicted octanol–water partition coefficient (Wildman–Crippen LogP) is 1.63. The van der Waals surface area contributed by atoms with Crippen molar-refractivity contribution in [1.82, 2.24) is 10.6 Å². The largest absolute Gasteiger partial charge is 0.367 e. The Morgan fingerprint density at radius 3 is 2.68 bits per heavy atom. The van der Waals surface area contributed by atoms with E-state index in [-0.39, 0.29) is 11.9 Å². The summed E-state index contributed by atoms with van der Waals surface area (Å²) < 4.78 is 5.33. The number of methoxy groups -OCH3 is 1. The van der Waals surface area contributed by atoms with Gasteiger partial charge >= 0.3 is 0 Å². The van der Waals surface area contributed by atoms with Crippen LogP contribution >= 0.6 is 0 Å². The van der Waals surface area contributed by atoms with E-state index < -0.39 is 6.10 Å². The molecule has 0 bridgehead atoms. The zero-order chi connectivity index (χ0) is 13.7. The number of benzene rings is 1. The second-order valence-corrected chi connectivity index (χ2v) is 5.12. The Kier molecular flexibility index (Phi) is 4.93. The fourth-order valence-corrected chi connectivity index (χ4v) is 2.42. The van der Waals surface area contributed by atoms with E-state index in [2.05, 4.69) is 17.6 Å². The first-order valence-corrected chi connectivity index (χ1v) is 6.82. The summed E-state index contributed by atoms with van der Waals surface area (Å²) in [7, 11) is 1.57. The number of rotatable bonds is 4. The van der Waals surface area contributed by atoms with E-state index in [9.17, 15) is 4.79 Å². The molecule has 4 heteroatoms. The molecule has 0 aliphatic carbocycles. The molecule has 1 aromatic rings. The molecule has 3 unspecified atom stereocenters. The summed E-state index contributed by atoms with van der Waals surface area (Å²) in [5.41, 5.74) is 0.889. The average molecular weight is 262 g/mol. The van der Waals surface area contributed by atoms with Crippen LogP contribution in [-0.4, -0.2) is 31.6 Å². The molecular formula is C15H22N2O2. The van der Waals surface area contributed by atoms with Crippen molar-refractivity contribution < 1.29 is 9.53 Å². The summed E-state index contributed by atoms with van der Waals surface area (Å²) >= 11 is 0. The molecule has 1 saturated heterocycles. The number of hydrogen-bond donors (Lipinski definition) is 2. The maximum Gasteiger partial charge on any atom is 0.254 e. The van der Waals surface area contributed by atoms with Crippen molar-refractivity contribution >= 4 is 5.91 Å². The van der Waals surface area contributed by atoms with E-state index in [1.165, 1.54) is 0 Å². The van der Waals surface area contributed by atoms with Crippen LogP contribution in [-0.2, 0) is 9.53 Å². The van der Waals surface area contributed by atoms with Crippen LogP contribution in [0.1, 0.15) is 31.4 Å². The minimum absolute atomic E-state index is 0.0601. The minimum atomic E-state index is -0.527. The van der Waals surface area contributed by atoms with Gasteiger partial charge in [0.2, 0.25) is 0 Å². The third-order valence-corrected chi connectivity index (χ3v) is 3.58. The lowest BCUT2D eigenvalue weighted by Crippen LogP contribution is -2.49. The molecule has 1 fully saturated rings. The quantitative estimate of drug-likeness (QED) is 0.867. The normalized spacial score (nSPS) is 24.7. The molecule has 0 radical (unpaired) electrons. The van der Waals surface area contributed by atoms with Crippen molar-refractivity contribution in [2.45, 2.75) is 38.0 Å². The molecule has 4 nitrogen and oxygen atoms in total. The fraction of sp³-hybridized carbons (Fsp3) is 0.533. The van der Waals surface area contributed by atoms with Gasteiger partial charge in [0.15, 0.2) is 6.10 Å². The lowest BCUT2D eigenvalue weighted by atomic mass is 10.0. The Morgan fingerprint density at radius 2 is 2.11 bits per heavy atom. The number of amides is 1. The summed E-state index contributed by atoms with van der Waals surface area (Å²) in [6.07, 6.45) is 1.58. The van der Waals surface area contributed by atoms with Crippen molar-refractivity contribution in [2.75, 3.05) is 13.7 Å². The molecule has 1 heterocycles. The van der Waals surface area contributed by atoms with Gasteiger partial charge in [-0.05, 0) is 25.3 Å². The standard InChI is InChI=1S/C15H22N2O2/c1-11-8-9-13(10-16-11)17-15(18)14(19-2)12-6-4-3-5-7-12/h3-7,11,13-14,16H,8-10H2,1-2H3,(H,17,18). The van der Waals surface area contributed by atoms with Crippen LogP contribution in [0.5, 0.6) is 0 Å².